The molecule has 0 saturated heterocycles. The van der Waals surface area contributed by atoms with Crippen LogP contribution in [0, 0.1) is 5.82 Å². The van der Waals surface area contributed by atoms with Crippen LogP contribution in [0.4, 0.5) is 4.39 Å². The monoisotopic (exact) mass is 380 g/mol. The van der Waals surface area contributed by atoms with Crippen LogP contribution in [0.2, 0.25) is 0 Å². The molecule has 4 rings (SSSR count). The van der Waals surface area contributed by atoms with Gasteiger partial charge in [0.2, 0.25) is 5.43 Å². The number of aromatic nitrogens is 2. The molecule has 2 aromatic carbocycles. The highest BCUT2D eigenvalue weighted by molar-refractivity contribution is 7.24. The van der Waals surface area contributed by atoms with Gasteiger partial charge < -0.3 is 0 Å². The molecule has 0 aliphatic heterocycles. The fourth-order valence-electron chi connectivity index (χ4n) is 3.16. The molecule has 0 aliphatic carbocycles. The third-order valence-electron chi connectivity index (χ3n) is 4.78. The number of rotatable bonds is 3. The van der Waals surface area contributed by atoms with Gasteiger partial charge in [-0.3, -0.25) is 14.2 Å². The highest BCUT2D eigenvalue weighted by Crippen LogP contribution is 2.26. The number of halogens is 1. The smallest absolute Gasteiger partial charge is 0.266 e. The van der Waals surface area contributed by atoms with E-state index in [0.29, 0.717) is 28.0 Å². The second-order valence-corrected chi connectivity index (χ2v) is 7.51. The normalized spacial score (nSPS) is 12.6. The second-order valence-electron chi connectivity index (χ2n) is 6.48. The van der Waals surface area contributed by atoms with E-state index in [1.54, 1.807) is 28.8 Å². The SMILES string of the molecule is CC[C@@H](C)n1c(-c2ccc(F)cc2)nc2sc3ccccc3c(=O)c2c1=O. The number of nitrogens with zero attached hydrogens (tertiary/aromatic N) is 2. The lowest BCUT2D eigenvalue weighted by atomic mass is 10.1. The van der Waals surface area contributed by atoms with Crippen molar-refractivity contribution >= 4 is 31.6 Å². The van der Waals surface area contributed by atoms with Gasteiger partial charge >= 0.3 is 0 Å². The van der Waals surface area contributed by atoms with Crippen LogP contribution in [0.1, 0.15) is 26.3 Å². The maximum absolute atomic E-state index is 13.4. The average Bonchev–Trinajstić information content (AvgIpc) is 2.68. The zero-order chi connectivity index (χ0) is 19.1. The van der Waals surface area contributed by atoms with E-state index >= 15 is 0 Å². The standard InChI is InChI=1S/C21H17FN2O2S/c1-3-12(2)24-19(13-8-10-14(22)11-9-13)23-20-17(21(24)26)18(25)15-6-4-5-7-16(15)27-20/h4-12H,3H2,1-2H3/t12-/m1/s1. The molecule has 0 saturated carbocycles. The van der Waals surface area contributed by atoms with Gasteiger partial charge in [0.15, 0.2) is 0 Å². The van der Waals surface area contributed by atoms with Gasteiger partial charge in [0, 0.05) is 21.7 Å². The minimum atomic E-state index is -0.354. The van der Waals surface area contributed by atoms with Crippen molar-refractivity contribution in [1.29, 1.82) is 0 Å². The Balaban J connectivity index is 2.17. The molecule has 0 unspecified atom stereocenters. The van der Waals surface area contributed by atoms with E-state index < -0.39 is 0 Å². The molecular formula is C21H17FN2O2S. The third kappa shape index (κ3) is 2.86. The topological polar surface area (TPSA) is 52.0 Å². The summed E-state index contributed by atoms with van der Waals surface area (Å²) in [5.74, 6) is 0.0976. The molecule has 0 N–H and O–H groups in total. The van der Waals surface area contributed by atoms with Gasteiger partial charge in [-0.2, -0.15) is 0 Å². The molecule has 4 aromatic rings. The van der Waals surface area contributed by atoms with Crippen molar-refractivity contribution in [2.45, 2.75) is 26.3 Å². The first-order valence-electron chi connectivity index (χ1n) is 8.75. The summed E-state index contributed by atoms with van der Waals surface area (Å²) >= 11 is 1.32. The van der Waals surface area contributed by atoms with Gasteiger partial charge in [-0.25, -0.2) is 9.37 Å². The van der Waals surface area contributed by atoms with Crippen LogP contribution in [0.25, 0.3) is 31.7 Å². The van der Waals surface area contributed by atoms with Gasteiger partial charge in [-0.1, -0.05) is 19.1 Å². The maximum Gasteiger partial charge on any atom is 0.266 e. The highest BCUT2D eigenvalue weighted by Gasteiger charge is 2.20. The number of fused-ring (bicyclic) bond motifs is 2. The Kier molecular flexibility index (Phi) is 4.36. The average molecular weight is 380 g/mol. The minimum Gasteiger partial charge on any atom is -0.289 e. The van der Waals surface area contributed by atoms with Gasteiger partial charge in [-0.05, 0) is 49.7 Å². The van der Waals surface area contributed by atoms with E-state index in [4.69, 9.17) is 0 Å². The molecule has 6 heteroatoms. The summed E-state index contributed by atoms with van der Waals surface area (Å²) in [6.07, 6.45) is 0.701. The molecular weight excluding hydrogens is 363 g/mol. The van der Waals surface area contributed by atoms with Crippen molar-refractivity contribution in [3.8, 4) is 11.4 Å². The van der Waals surface area contributed by atoms with Gasteiger partial charge in [0.25, 0.3) is 5.56 Å². The van der Waals surface area contributed by atoms with Crippen molar-refractivity contribution in [2.75, 3.05) is 0 Å². The zero-order valence-electron chi connectivity index (χ0n) is 14.9. The Morgan fingerprint density at radius 2 is 1.81 bits per heavy atom. The lowest BCUT2D eigenvalue weighted by molar-refractivity contribution is 0.517. The first-order chi connectivity index (χ1) is 13.0. The van der Waals surface area contributed by atoms with E-state index in [2.05, 4.69) is 4.98 Å². The molecule has 0 spiro atoms. The summed E-state index contributed by atoms with van der Waals surface area (Å²) in [4.78, 5) is 31.4. The Hall–Kier alpha value is -2.86. The first kappa shape index (κ1) is 17.5. The Labute approximate surface area is 158 Å². The summed E-state index contributed by atoms with van der Waals surface area (Å²) in [6.45, 7) is 3.88. The Morgan fingerprint density at radius 3 is 2.52 bits per heavy atom. The first-order valence-corrected chi connectivity index (χ1v) is 9.57. The molecule has 2 heterocycles. The lowest BCUT2D eigenvalue weighted by Crippen LogP contribution is -2.29. The molecule has 136 valence electrons. The zero-order valence-corrected chi connectivity index (χ0v) is 15.7. The van der Waals surface area contributed by atoms with Crippen molar-refractivity contribution < 1.29 is 4.39 Å². The van der Waals surface area contributed by atoms with Crippen LogP contribution in [0.5, 0.6) is 0 Å². The van der Waals surface area contributed by atoms with Gasteiger partial charge in [-0.15, -0.1) is 11.3 Å². The van der Waals surface area contributed by atoms with Crippen LogP contribution in [-0.4, -0.2) is 9.55 Å². The van der Waals surface area contributed by atoms with E-state index in [9.17, 15) is 14.0 Å². The molecule has 0 bridgehead atoms. The predicted molar refractivity (Wildman–Crippen MR) is 108 cm³/mol. The fraction of sp³-hybridized carbons (Fsp3) is 0.190. The second kappa shape index (κ2) is 6.70. The van der Waals surface area contributed by atoms with Crippen LogP contribution >= 0.6 is 11.3 Å². The summed E-state index contributed by atoms with van der Waals surface area (Å²) in [5.41, 5.74) is 0.00347. The van der Waals surface area contributed by atoms with Crippen molar-refractivity contribution in [3.63, 3.8) is 0 Å². The molecule has 4 nitrogen and oxygen atoms in total. The lowest BCUT2D eigenvalue weighted by Gasteiger charge is -2.18. The summed E-state index contributed by atoms with van der Waals surface area (Å²) in [6, 6.07) is 13.0. The predicted octanol–water partition coefficient (Wildman–Crippen LogP) is 4.75. The Morgan fingerprint density at radius 1 is 1.11 bits per heavy atom. The molecule has 0 amide bonds. The third-order valence-corrected chi connectivity index (χ3v) is 5.85. The maximum atomic E-state index is 13.4. The number of hydrogen-bond acceptors (Lipinski definition) is 4. The fourth-order valence-corrected chi connectivity index (χ4v) is 4.20. The highest BCUT2D eigenvalue weighted by atomic mass is 32.1. The van der Waals surface area contributed by atoms with Crippen molar-refractivity contribution in [1.82, 2.24) is 9.55 Å². The quantitative estimate of drug-likeness (QED) is 0.482. The van der Waals surface area contributed by atoms with Crippen molar-refractivity contribution in [2.24, 2.45) is 0 Å². The largest absolute Gasteiger partial charge is 0.289 e. The van der Waals surface area contributed by atoms with Gasteiger partial charge in [0.1, 0.15) is 21.9 Å². The van der Waals surface area contributed by atoms with Crippen LogP contribution in [-0.2, 0) is 0 Å². The number of hydrogen-bond donors (Lipinski definition) is 0. The summed E-state index contributed by atoms with van der Waals surface area (Å²) in [5, 5.41) is 0.643. The molecule has 27 heavy (non-hydrogen) atoms. The summed E-state index contributed by atoms with van der Waals surface area (Å²) in [7, 11) is 0. The minimum absolute atomic E-state index is 0.116. The number of benzene rings is 2. The molecule has 0 fully saturated rings. The molecule has 1 atom stereocenters. The van der Waals surface area contributed by atoms with Crippen LogP contribution < -0.4 is 11.0 Å². The van der Waals surface area contributed by atoms with E-state index in [1.165, 1.54) is 23.5 Å². The van der Waals surface area contributed by atoms with E-state index in [0.717, 1.165) is 4.70 Å². The van der Waals surface area contributed by atoms with E-state index in [1.807, 2.05) is 26.0 Å². The van der Waals surface area contributed by atoms with Crippen LogP contribution in [0.15, 0.2) is 58.1 Å². The van der Waals surface area contributed by atoms with Crippen molar-refractivity contribution in [3.05, 3.63) is 74.9 Å². The molecule has 0 aliphatic rings. The molecule has 2 aromatic heterocycles. The van der Waals surface area contributed by atoms with E-state index in [-0.39, 0.29) is 28.2 Å². The molecule has 0 radical (unpaired) electrons. The Bertz CT molecular complexity index is 1280. The van der Waals surface area contributed by atoms with Crippen LogP contribution in [0.3, 0.4) is 0 Å². The van der Waals surface area contributed by atoms with Gasteiger partial charge in [0.05, 0.1) is 0 Å². The summed E-state index contributed by atoms with van der Waals surface area (Å²) < 4.78 is 15.7.